The summed E-state index contributed by atoms with van der Waals surface area (Å²) in [5, 5.41) is 4.17. The Bertz CT molecular complexity index is 827. The Hall–Kier alpha value is -2.59. The van der Waals surface area contributed by atoms with Crippen LogP contribution in [0.15, 0.2) is 54.7 Å². The monoisotopic (exact) mass is 297 g/mol. The summed E-state index contributed by atoms with van der Waals surface area (Å²) in [6.45, 7) is 0. The molecular weight excluding hydrogens is 286 g/mol. The number of pyridine rings is 1. The molecule has 0 aliphatic heterocycles. The summed E-state index contributed by atoms with van der Waals surface area (Å²) in [5.74, 6) is -0.255. The number of hydrogen-bond donors (Lipinski definition) is 2. The van der Waals surface area contributed by atoms with Gasteiger partial charge in [-0.25, -0.2) is 0 Å². The van der Waals surface area contributed by atoms with Gasteiger partial charge < -0.3 is 11.1 Å². The van der Waals surface area contributed by atoms with Crippen LogP contribution in [0.4, 0.5) is 11.4 Å². The van der Waals surface area contributed by atoms with Crippen molar-refractivity contribution in [3.63, 3.8) is 0 Å². The first-order valence-corrected chi connectivity index (χ1v) is 6.73. The first-order valence-electron chi connectivity index (χ1n) is 6.35. The van der Waals surface area contributed by atoms with Crippen LogP contribution in [0, 0.1) is 0 Å². The van der Waals surface area contributed by atoms with Crippen molar-refractivity contribution in [3.8, 4) is 0 Å². The molecule has 1 amide bonds. The molecule has 3 aromatic rings. The maximum absolute atomic E-state index is 12.3. The minimum Gasteiger partial charge on any atom is -0.398 e. The predicted molar refractivity (Wildman–Crippen MR) is 85.6 cm³/mol. The Morgan fingerprint density at radius 1 is 1.14 bits per heavy atom. The van der Waals surface area contributed by atoms with Crippen molar-refractivity contribution in [2.75, 3.05) is 11.1 Å². The standard InChI is InChI=1S/C16H12ClN3O/c17-12-9-11(6-7-13(12)18)16(21)20-14-5-1-3-10-4-2-8-19-15(10)14/h1-9H,18H2,(H,20,21). The summed E-state index contributed by atoms with van der Waals surface area (Å²) in [7, 11) is 0. The molecule has 0 unspecified atom stereocenters. The smallest absolute Gasteiger partial charge is 0.255 e. The summed E-state index contributed by atoms with van der Waals surface area (Å²) >= 11 is 5.94. The lowest BCUT2D eigenvalue weighted by atomic mass is 10.1. The second-order valence-corrected chi connectivity index (χ2v) is 4.98. The molecule has 5 heteroatoms. The fraction of sp³-hybridized carbons (Fsp3) is 0. The number of nitrogens with two attached hydrogens (primary N) is 1. The number of carbonyl (C=O) groups is 1. The molecule has 1 heterocycles. The van der Waals surface area contributed by atoms with Gasteiger partial charge in [0.05, 0.1) is 21.9 Å². The van der Waals surface area contributed by atoms with Crippen molar-refractivity contribution in [2.24, 2.45) is 0 Å². The molecule has 3 rings (SSSR count). The minimum absolute atomic E-state index is 0.255. The highest BCUT2D eigenvalue weighted by atomic mass is 35.5. The molecule has 0 saturated heterocycles. The van der Waals surface area contributed by atoms with Crippen molar-refractivity contribution >= 4 is 39.8 Å². The van der Waals surface area contributed by atoms with Crippen LogP contribution in [0.2, 0.25) is 5.02 Å². The number of para-hydroxylation sites is 1. The molecule has 104 valence electrons. The van der Waals surface area contributed by atoms with Crippen LogP contribution in [0.3, 0.4) is 0 Å². The van der Waals surface area contributed by atoms with Crippen molar-refractivity contribution < 1.29 is 4.79 Å². The van der Waals surface area contributed by atoms with E-state index in [4.69, 9.17) is 17.3 Å². The zero-order valence-corrected chi connectivity index (χ0v) is 11.8. The van der Waals surface area contributed by atoms with Crippen molar-refractivity contribution in [1.29, 1.82) is 0 Å². The number of fused-ring (bicyclic) bond motifs is 1. The van der Waals surface area contributed by atoms with E-state index in [1.54, 1.807) is 24.4 Å². The van der Waals surface area contributed by atoms with E-state index >= 15 is 0 Å². The van der Waals surface area contributed by atoms with E-state index in [0.717, 1.165) is 10.9 Å². The number of halogens is 1. The number of benzene rings is 2. The van der Waals surface area contributed by atoms with Gasteiger partial charge in [-0.05, 0) is 30.3 Å². The van der Waals surface area contributed by atoms with E-state index in [0.29, 0.717) is 22.0 Å². The summed E-state index contributed by atoms with van der Waals surface area (Å²) < 4.78 is 0. The van der Waals surface area contributed by atoms with Gasteiger partial charge in [0.25, 0.3) is 5.91 Å². The molecule has 0 aliphatic carbocycles. The van der Waals surface area contributed by atoms with E-state index in [9.17, 15) is 4.79 Å². The Morgan fingerprint density at radius 3 is 2.76 bits per heavy atom. The number of anilines is 2. The number of nitrogen functional groups attached to an aromatic ring is 1. The molecule has 2 aromatic carbocycles. The topological polar surface area (TPSA) is 68.0 Å². The highest BCUT2D eigenvalue weighted by Crippen LogP contribution is 2.23. The number of nitrogens with zero attached hydrogens (tertiary/aromatic N) is 1. The lowest BCUT2D eigenvalue weighted by molar-refractivity contribution is 0.102. The van der Waals surface area contributed by atoms with Gasteiger partial charge in [0.1, 0.15) is 0 Å². The number of nitrogens with one attached hydrogen (secondary N) is 1. The van der Waals surface area contributed by atoms with Crippen LogP contribution >= 0.6 is 11.6 Å². The van der Waals surface area contributed by atoms with Gasteiger partial charge in [-0.2, -0.15) is 0 Å². The molecule has 0 radical (unpaired) electrons. The Labute approximate surface area is 126 Å². The number of hydrogen-bond acceptors (Lipinski definition) is 3. The van der Waals surface area contributed by atoms with Gasteiger partial charge in [-0.15, -0.1) is 0 Å². The molecule has 0 saturated carbocycles. The molecule has 3 N–H and O–H groups in total. The lowest BCUT2D eigenvalue weighted by Gasteiger charge is -2.08. The van der Waals surface area contributed by atoms with Crippen molar-refractivity contribution in [3.05, 3.63) is 65.3 Å². The highest BCUT2D eigenvalue weighted by Gasteiger charge is 2.10. The molecular formula is C16H12ClN3O. The highest BCUT2D eigenvalue weighted by molar-refractivity contribution is 6.33. The van der Waals surface area contributed by atoms with E-state index in [1.807, 2.05) is 30.3 Å². The number of amides is 1. The number of aromatic nitrogens is 1. The minimum atomic E-state index is -0.255. The fourth-order valence-electron chi connectivity index (χ4n) is 2.07. The maximum Gasteiger partial charge on any atom is 0.255 e. The first kappa shape index (κ1) is 13.4. The van der Waals surface area contributed by atoms with Crippen molar-refractivity contribution in [2.45, 2.75) is 0 Å². The first-order chi connectivity index (χ1) is 10.1. The third-order valence-electron chi connectivity index (χ3n) is 3.14. The molecule has 1 aromatic heterocycles. The van der Waals surface area contributed by atoms with Gasteiger partial charge in [0.15, 0.2) is 0 Å². The van der Waals surface area contributed by atoms with E-state index in [2.05, 4.69) is 10.3 Å². The largest absolute Gasteiger partial charge is 0.398 e. The van der Waals surface area contributed by atoms with Gasteiger partial charge in [-0.1, -0.05) is 29.8 Å². The third kappa shape index (κ3) is 2.66. The predicted octanol–water partition coefficient (Wildman–Crippen LogP) is 3.72. The van der Waals surface area contributed by atoms with Gasteiger partial charge >= 0.3 is 0 Å². The average Bonchev–Trinajstić information content (AvgIpc) is 2.50. The SMILES string of the molecule is Nc1ccc(C(=O)Nc2cccc3cccnc23)cc1Cl. The zero-order valence-electron chi connectivity index (χ0n) is 11.0. The molecule has 4 nitrogen and oxygen atoms in total. The molecule has 0 fully saturated rings. The molecule has 21 heavy (non-hydrogen) atoms. The van der Waals surface area contributed by atoms with Crippen LogP contribution in [0.25, 0.3) is 10.9 Å². The van der Waals surface area contributed by atoms with Crippen LogP contribution in [0.1, 0.15) is 10.4 Å². The molecule has 0 spiro atoms. The van der Waals surface area contributed by atoms with Crippen LogP contribution < -0.4 is 11.1 Å². The second-order valence-electron chi connectivity index (χ2n) is 4.57. The van der Waals surface area contributed by atoms with E-state index < -0.39 is 0 Å². The van der Waals surface area contributed by atoms with Gasteiger partial charge in [0.2, 0.25) is 0 Å². The molecule has 0 aliphatic rings. The summed E-state index contributed by atoms with van der Waals surface area (Å²) in [4.78, 5) is 16.6. The van der Waals surface area contributed by atoms with Gasteiger partial charge in [0, 0.05) is 17.1 Å². The van der Waals surface area contributed by atoms with E-state index in [1.165, 1.54) is 0 Å². The van der Waals surface area contributed by atoms with Crippen LogP contribution in [0.5, 0.6) is 0 Å². The van der Waals surface area contributed by atoms with Crippen LogP contribution in [-0.2, 0) is 0 Å². The number of rotatable bonds is 2. The number of carbonyl (C=O) groups excluding carboxylic acids is 1. The van der Waals surface area contributed by atoms with E-state index in [-0.39, 0.29) is 5.91 Å². The Morgan fingerprint density at radius 2 is 1.95 bits per heavy atom. The Kier molecular flexibility index (Phi) is 3.46. The quantitative estimate of drug-likeness (QED) is 0.708. The molecule has 0 bridgehead atoms. The third-order valence-corrected chi connectivity index (χ3v) is 3.47. The summed E-state index contributed by atoms with van der Waals surface area (Å²) in [5.41, 5.74) is 7.94. The molecule has 0 atom stereocenters. The van der Waals surface area contributed by atoms with Gasteiger partial charge in [-0.3, -0.25) is 9.78 Å². The summed E-state index contributed by atoms with van der Waals surface area (Å²) in [6, 6.07) is 14.2. The second kappa shape index (κ2) is 5.42. The average molecular weight is 298 g/mol. The van der Waals surface area contributed by atoms with Crippen LogP contribution in [-0.4, -0.2) is 10.9 Å². The normalized spacial score (nSPS) is 10.5. The summed E-state index contributed by atoms with van der Waals surface area (Å²) in [6.07, 6.45) is 1.69. The zero-order chi connectivity index (χ0) is 14.8. The Balaban J connectivity index is 1.94. The van der Waals surface area contributed by atoms with Crippen molar-refractivity contribution in [1.82, 2.24) is 4.98 Å². The lowest BCUT2D eigenvalue weighted by Crippen LogP contribution is -2.12. The fourth-order valence-corrected chi connectivity index (χ4v) is 2.25. The maximum atomic E-state index is 12.3.